The summed E-state index contributed by atoms with van der Waals surface area (Å²) in [7, 11) is -1.80. The zero-order valence-electron chi connectivity index (χ0n) is 8.78. The van der Waals surface area contributed by atoms with Crippen molar-refractivity contribution in [3.05, 3.63) is 0 Å². The van der Waals surface area contributed by atoms with Crippen molar-refractivity contribution in [3.8, 4) is 0 Å². The Morgan fingerprint density at radius 2 is 2.14 bits per heavy atom. The fraction of sp³-hybridized carbons (Fsp3) is 0.889. The molecule has 0 aliphatic heterocycles. The van der Waals surface area contributed by atoms with Crippen LogP contribution in [0, 0.1) is 0 Å². The summed E-state index contributed by atoms with van der Waals surface area (Å²) in [5.74, 6) is -0.869. The minimum Gasteiger partial charge on any atom is -0.481 e. The molecular formula is C9H19O4P. The van der Waals surface area contributed by atoms with E-state index in [4.69, 9.17) is 9.84 Å². The molecule has 0 aliphatic rings. The highest BCUT2D eigenvalue weighted by Gasteiger charge is 2.17. The number of rotatable bonds is 8. The zero-order valence-corrected chi connectivity index (χ0v) is 9.78. The lowest BCUT2D eigenvalue weighted by Crippen LogP contribution is -2.11. The summed E-state index contributed by atoms with van der Waals surface area (Å²) in [5.41, 5.74) is -0.169. The van der Waals surface area contributed by atoms with Crippen molar-refractivity contribution in [1.82, 2.24) is 0 Å². The lowest BCUT2D eigenvalue weighted by molar-refractivity contribution is -0.137. The van der Waals surface area contributed by atoms with Gasteiger partial charge in [0.15, 0.2) is 0 Å². The molecule has 0 heterocycles. The fourth-order valence-electron chi connectivity index (χ4n) is 1.22. The number of carboxylic acid groups (broad SMARTS) is 1. The van der Waals surface area contributed by atoms with Gasteiger partial charge < -0.3 is 14.4 Å². The predicted octanol–water partition coefficient (Wildman–Crippen LogP) is 1.84. The summed E-state index contributed by atoms with van der Waals surface area (Å²) in [6.07, 6.45) is 1.18. The maximum absolute atomic E-state index is 11.6. The van der Waals surface area contributed by atoms with Gasteiger partial charge in [0, 0.05) is 18.4 Å². The Morgan fingerprint density at radius 1 is 1.50 bits per heavy atom. The average Bonchev–Trinajstić information content (AvgIpc) is 2.14. The van der Waals surface area contributed by atoms with E-state index < -0.39 is 13.8 Å². The van der Waals surface area contributed by atoms with Gasteiger partial charge >= 0.3 is 5.97 Å². The van der Waals surface area contributed by atoms with Crippen LogP contribution in [-0.2, 0) is 14.1 Å². The van der Waals surface area contributed by atoms with Crippen LogP contribution in [0.25, 0.3) is 0 Å². The predicted molar refractivity (Wildman–Crippen MR) is 56.7 cm³/mol. The van der Waals surface area contributed by atoms with Gasteiger partial charge in [-0.1, -0.05) is 6.92 Å². The van der Waals surface area contributed by atoms with Crippen molar-refractivity contribution in [2.24, 2.45) is 0 Å². The van der Waals surface area contributed by atoms with Crippen LogP contribution >= 0.6 is 7.80 Å². The van der Waals surface area contributed by atoms with Crippen LogP contribution in [0.3, 0.4) is 0 Å². The van der Waals surface area contributed by atoms with Gasteiger partial charge in [-0.25, -0.2) is 0 Å². The van der Waals surface area contributed by atoms with Crippen molar-refractivity contribution in [3.63, 3.8) is 0 Å². The molecule has 0 rings (SSSR count). The second-order valence-electron chi connectivity index (χ2n) is 3.12. The molecule has 0 aromatic heterocycles. The molecule has 14 heavy (non-hydrogen) atoms. The first-order valence-corrected chi connectivity index (χ1v) is 6.63. The van der Waals surface area contributed by atoms with Gasteiger partial charge in [-0.3, -0.25) is 4.79 Å². The van der Waals surface area contributed by atoms with Crippen LogP contribution in [-0.4, -0.2) is 36.1 Å². The molecule has 84 valence electrons. The summed E-state index contributed by atoms with van der Waals surface area (Å²) in [6.45, 7) is 4.85. The van der Waals surface area contributed by atoms with Crippen molar-refractivity contribution >= 4 is 13.8 Å². The van der Waals surface area contributed by atoms with Crippen LogP contribution in [0.15, 0.2) is 0 Å². The third kappa shape index (κ3) is 6.17. The van der Waals surface area contributed by atoms with E-state index in [0.717, 1.165) is 0 Å². The Labute approximate surface area is 85.4 Å². The highest BCUT2D eigenvalue weighted by atomic mass is 31.1. The van der Waals surface area contributed by atoms with E-state index >= 15 is 0 Å². The van der Waals surface area contributed by atoms with Crippen LogP contribution in [0.1, 0.15) is 26.7 Å². The molecule has 0 saturated heterocycles. The van der Waals surface area contributed by atoms with Gasteiger partial charge in [0.25, 0.3) is 0 Å². The molecule has 2 unspecified atom stereocenters. The largest absolute Gasteiger partial charge is 0.481 e. The van der Waals surface area contributed by atoms with Crippen molar-refractivity contribution < 1.29 is 19.2 Å². The highest BCUT2D eigenvalue weighted by Crippen LogP contribution is 2.32. The first-order valence-electron chi connectivity index (χ1n) is 4.94. The molecule has 0 saturated carbocycles. The van der Waals surface area contributed by atoms with E-state index in [-0.39, 0.29) is 12.1 Å². The standard InChI is InChI=1S/C9H19O4P/c1-3-8(7-9(10)11)14(12)6-5-13-4-2/h8,14H,3-7H2,1-2H3,(H,10,11). The summed E-state index contributed by atoms with van der Waals surface area (Å²) in [6, 6.07) is 0. The van der Waals surface area contributed by atoms with E-state index in [1.165, 1.54) is 0 Å². The molecule has 5 heteroatoms. The molecule has 0 amide bonds. The first kappa shape index (κ1) is 13.7. The second kappa shape index (κ2) is 8.01. The van der Waals surface area contributed by atoms with Gasteiger partial charge in [0.2, 0.25) is 0 Å². The number of carboxylic acids is 1. The molecule has 0 aliphatic carbocycles. The Hall–Kier alpha value is -0.340. The van der Waals surface area contributed by atoms with Crippen molar-refractivity contribution in [2.75, 3.05) is 19.4 Å². The maximum atomic E-state index is 11.6. The Morgan fingerprint density at radius 3 is 2.57 bits per heavy atom. The van der Waals surface area contributed by atoms with Crippen molar-refractivity contribution in [1.29, 1.82) is 0 Å². The van der Waals surface area contributed by atoms with Crippen LogP contribution < -0.4 is 0 Å². The number of hydrogen-bond donors (Lipinski definition) is 1. The monoisotopic (exact) mass is 222 g/mol. The van der Waals surface area contributed by atoms with Gasteiger partial charge in [0.05, 0.1) is 20.8 Å². The van der Waals surface area contributed by atoms with E-state index in [9.17, 15) is 9.36 Å². The normalized spacial score (nSPS) is 15.0. The summed E-state index contributed by atoms with van der Waals surface area (Å²) in [5, 5.41) is 8.58. The molecule has 1 N–H and O–H groups in total. The van der Waals surface area contributed by atoms with Crippen LogP contribution in [0.4, 0.5) is 0 Å². The third-order valence-electron chi connectivity index (χ3n) is 2.07. The molecular weight excluding hydrogens is 203 g/mol. The van der Waals surface area contributed by atoms with Gasteiger partial charge in [-0.15, -0.1) is 0 Å². The zero-order chi connectivity index (χ0) is 11.0. The Bertz CT molecular complexity index is 193. The molecule has 0 aromatic carbocycles. The summed E-state index contributed by atoms with van der Waals surface area (Å²) >= 11 is 0. The molecule has 0 radical (unpaired) electrons. The van der Waals surface area contributed by atoms with Gasteiger partial charge in [-0.05, 0) is 13.3 Å². The maximum Gasteiger partial charge on any atom is 0.304 e. The quantitative estimate of drug-likeness (QED) is 0.502. The second-order valence-corrected chi connectivity index (χ2v) is 5.37. The minimum atomic E-state index is -1.80. The van der Waals surface area contributed by atoms with Gasteiger partial charge in [-0.2, -0.15) is 0 Å². The summed E-state index contributed by atoms with van der Waals surface area (Å²) < 4.78 is 16.7. The summed E-state index contributed by atoms with van der Waals surface area (Å²) in [4.78, 5) is 10.4. The van der Waals surface area contributed by atoms with Crippen LogP contribution in [0.5, 0.6) is 0 Å². The van der Waals surface area contributed by atoms with E-state index in [2.05, 4.69) is 0 Å². The fourth-order valence-corrected chi connectivity index (χ4v) is 2.83. The SMILES string of the molecule is CCOCC[PH](=O)C(CC)CC(=O)O. The molecule has 2 atom stereocenters. The topological polar surface area (TPSA) is 63.6 Å². The highest BCUT2D eigenvalue weighted by molar-refractivity contribution is 7.45. The molecule has 4 nitrogen and oxygen atoms in total. The van der Waals surface area contributed by atoms with Gasteiger partial charge in [0.1, 0.15) is 0 Å². The third-order valence-corrected chi connectivity index (χ3v) is 4.29. The number of ether oxygens (including phenoxy) is 1. The minimum absolute atomic E-state index is 0.0143. The van der Waals surface area contributed by atoms with E-state index in [1.54, 1.807) is 0 Å². The lowest BCUT2D eigenvalue weighted by Gasteiger charge is -2.11. The van der Waals surface area contributed by atoms with Crippen LogP contribution in [0.2, 0.25) is 0 Å². The van der Waals surface area contributed by atoms with Crippen molar-refractivity contribution in [2.45, 2.75) is 32.3 Å². The van der Waals surface area contributed by atoms with E-state index in [1.807, 2.05) is 13.8 Å². The van der Waals surface area contributed by atoms with E-state index in [0.29, 0.717) is 25.8 Å². The Balaban J connectivity index is 3.85. The molecule has 0 bridgehead atoms. The molecule has 0 fully saturated rings. The average molecular weight is 222 g/mol. The molecule has 0 spiro atoms. The Kier molecular flexibility index (Phi) is 7.81. The number of carbonyl (C=O) groups is 1. The lowest BCUT2D eigenvalue weighted by atomic mass is 10.2. The molecule has 0 aromatic rings. The first-order chi connectivity index (χ1) is 6.61. The smallest absolute Gasteiger partial charge is 0.304 e. The number of hydrogen-bond acceptors (Lipinski definition) is 3. The number of aliphatic carboxylic acids is 1.